The molecule has 2 N–H and O–H groups in total. The average Bonchev–Trinajstić information content (AvgIpc) is 2.29. The second-order valence-electron chi connectivity index (χ2n) is 3.12. The number of nitrogens with two attached hydrogens (primary N) is 1. The van der Waals surface area contributed by atoms with Crippen LogP contribution in [-0.4, -0.2) is 9.89 Å². The van der Waals surface area contributed by atoms with Crippen molar-refractivity contribution in [1.82, 2.24) is 9.89 Å². The van der Waals surface area contributed by atoms with Gasteiger partial charge in [0.1, 0.15) is 0 Å². The first kappa shape index (κ1) is 7.16. The fourth-order valence-corrected chi connectivity index (χ4v) is 1.49. The van der Waals surface area contributed by atoms with E-state index < -0.39 is 0 Å². The first-order chi connectivity index (χ1) is 5.66. The highest BCUT2D eigenvalue weighted by Crippen LogP contribution is 2.17. The second kappa shape index (κ2) is 2.24. The summed E-state index contributed by atoms with van der Waals surface area (Å²) in [5.41, 5.74) is 3.41. The second-order valence-corrected chi connectivity index (χ2v) is 3.12. The van der Waals surface area contributed by atoms with Gasteiger partial charge in [-0.1, -0.05) is 6.07 Å². The summed E-state index contributed by atoms with van der Waals surface area (Å²) < 4.78 is 0. The minimum atomic E-state index is 0.968. The molecule has 0 aliphatic rings. The summed E-state index contributed by atoms with van der Waals surface area (Å²) in [7, 11) is 0. The lowest BCUT2D eigenvalue weighted by atomic mass is 10.1. The molecule has 0 aliphatic heterocycles. The molecule has 1 aromatic heterocycles. The molecule has 2 aromatic rings. The molecule has 0 radical (unpaired) electrons. The van der Waals surface area contributed by atoms with E-state index >= 15 is 0 Å². The number of rotatable bonds is 0. The molecule has 0 unspecified atom stereocenters. The van der Waals surface area contributed by atoms with Gasteiger partial charge < -0.3 is 5.84 Å². The SMILES string of the molecule is Cc1cc(C)c2cn(N)nc2c1. The van der Waals surface area contributed by atoms with Crippen LogP contribution in [0.4, 0.5) is 0 Å². The van der Waals surface area contributed by atoms with Crippen molar-refractivity contribution < 1.29 is 0 Å². The molecular weight excluding hydrogens is 150 g/mol. The van der Waals surface area contributed by atoms with Crippen LogP contribution < -0.4 is 5.84 Å². The molecule has 2 rings (SSSR count). The highest BCUT2D eigenvalue weighted by atomic mass is 15.5. The molecule has 0 amide bonds. The number of fused-ring (bicyclic) bond motifs is 1. The fraction of sp³-hybridized carbons (Fsp3) is 0.222. The van der Waals surface area contributed by atoms with Crippen molar-refractivity contribution in [3.63, 3.8) is 0 Å². The van der Waals surface area contributed by atoms with Gasteiger partial charge in [-0.15, -0.1) is 0 Å². The number of hydrogen-bond donors (Lipinski definition) is 1. The third kappa shape index (κ3) is 0.942. The van der Waals surface area contributed by atoms with Crippen LogP contribution in [-0.2, 0) is 0 Å². The zero-order chi connectivity index (χ0) is 8.72. The summed E-state index contributed by atoms with van der Waals surface area (Å²) in [5, 5.41) is 5.26. The van der Waals surface area contributed by atoms with Crippen molar-refractivity contribution in [2.75, 3.05) is 5.84 Å². The molecule has 0 saturated heterocycles. The molecular formula is C9H11N3. The summed E-state index contributed by atoms with van der Waals surface area (Å²) >= 11 is 0. The summed E-state index contributed by atoms with van der Waals surface area (Å²) in [4.78, 5) is 1.36. The normalized spacial score (nSPS) is 10.8. The van der Waals surface area contributed by atoms with Crippen LogP contribution in [0, 0.1) is 13.8 Å². The number of aromatic nitrogens is 2. The lowest BCUT2D eigenvalue weighted by Gasteiger charge is -1.95. The largest absolute Gasteiger partial charge is 0.323 e. The highest BCUT2D eigenvalue weighted by Gasteiger charge is 2.01. The van der Waals surface area contributed by atoms with E-state index in [2.05, 4.69) is 25.0 Å². The Balaban J connectivity index is 2.88. The molecule has 0 fully saturated rings. The topological polar surface area (TPSA) is 43.8 Å². The monoisotopic (exact) mass is 161 g/mol. The van der Waals surface area contributed by atoms with Gasteiger partial charge in [-0.3, -0.25) is 0 Å². The summed E-state index contributed by atoms with van der Waals surface area (Å²) in [6.45, 7) is 4.12. The van der Waals surface area contributed by atoms with Gasteiger partial charge in [0.25, 0.3) is 0 Å². The Morgan fingerprint density at radius 3 is 2.83 bits per heavy atom. The highest BCUT2D eigenvalue weighted by molar-refractivity contribution is 5.82. The van der Waals surface area contributed by atoms with Crippen LogP contribution in [0.3, 0.4) is 0 Å². The van der Waals surface area contributed by atoms with Gasteiger partial charge in [0.15, 0.2) is 0 Å². The van der Waals surface area contributed by atoms with E-state index in [9.17, 15) is 0 Å². The molecule has 0 atom stereocenters. The Labute approximate surface area is 70.8 Å². The van der Waals surface area contributed by atoms with Gasteiger partial charge >= 0.3 is 0 Å². The van der Waals surface area contributed by atoms with Crippen LogP contribution in [0.2, 0.25) is 0 Å². The Kier molecular flexibility index (Phi) is 1.33. The lowest BCUT2D eigenvalue weighted by molar-refractivity contribution is 0.846. The number of benzene rings is 1. The van der Waals surface area contributed by atoms with E-state index in [1.807, 2.05) is 12.3 Å². The summed E-state index contributed by atoms with van der Waals surface area (Å²) in [6, 6.07) is 4.16. The number of nitrogens with zero attached hydrogens (tertiary/aromatic N) is 2. The zero-order valence-corrected chi connectivity index (χ0v) is 7.20. The smallest absolute Gasteiger partial charge is 0.0949 e. The van der Waals surface area contributed by atoms with Crippen molar-refractivity contribution in [2.45, 2.75) is 13.8 Å². The molecule has 0 aliphatic carbocycles. The van der Waals surface area contributed by atoms with Gasteiger partial charge in [0.2, 0.25) is 0 Å². The first-order valence-corrected chi connectivity index (χ1v) is 3.88. The third-order valence-corrected chi connectivity index (χ3v) is 1.99. The van der Waals surface area contributed by atoms with Gasteiger partial charge in [-0.2, -0.15) is 9.89 Å². The molecule has 1 aromatic carbocycles. The lowest BCUT2D eigenvalue weighted by Crippen LogP contribution is -2.07. The molecule has 0 spiro atoms. The molecule has 0 saturated carbocycles. The standard InChI is InChI=1S/C9H11N3/c1-6-3-7(2)8-5-12(10)11-9(8)4-6/h3-5H,10H2,1-2H3. The van der Waals surface area contributed by atoms with Gasteiger partial charge in [-0.25, -0.2) is 0 Å². The van der Waals surface area contributed by atoms with E-state index in [1.165, 1.54) is 15.9 Å². The predicted octanol–water partition coefficient (Wildman–Crippen LogP) is 1.37. The number of aryl methyl sites for hydroxylation is 2. The number of hydrogen-bond acceptors (Lipinski definition) is 2. The fourth-order valence-electron chi connectivity index (χ4n) is 1.49. The third-order valence-electron chi connectivity index (χ3n) is 1.99. The van der Waals surface area contributed by atoms with Crippen molar-refractivity contribution in [3.05, 3.63) is 29.5 Å². The van der Waals surface area contributed by atoms with Gasteiger partial charge in [0.05, 0.1) is 11.7 Å². The molecule has 12 heavy (non-hydrogen) atoms. The van der Waals surface area contributed by atoms with E-state index in [4.69, 9.17) is 5.84 Å². The minimum absolute atomic E-state index is 0.968. The molecule has 0 bridgehead atoms. The molecule has 3 nitrogen and oxygen atoms in total. The van der Waals surface area contributed by atoms with Crippen molar-refractivity contribution in [2.24, 2.45) is 0 Å². The molecule has 3 heteroatoms. The van der Waals surface area contributed by atoms with Gasteiger partial charge in [-0.05, 0) is 31.0 Å². The van der Waals surface area contributed by atoms with Crippen LogP contribution in [0.5, 0.6) is 0 Å². The summed E-state index contributed by atoms with van der Waals surface area (Å²) in [6.07, 6.45) is 1.84. The van der Waals surface area contributed by atoms with Crippen LogP contribution in [0.15, 0.2) is 18.3 Å². The van der Waals surface area contributed by atoms with Crippen LogP contribution in [0.25, 0.3) is 10.9 Å². The Bertz CT molecular complexity index is 429. The number of nitrogen functional groups attached to an aromatic ring is 1. The quantitative estimate of drug-likeness (QED) is 0.593. The van der Waals surface area contributed by atoms with Crippen molar-refractivity contribution in [1.29, 1.82) is 0 Å². The first-order valence-electron chi connectivity index (χ1n) is 3.88. The molecule has 1 heterocycles. The average molecular weight is 161 g/mol. The Hall–Kier alpha value is -1.51. The van der Waals surface area contributed by atoms with E-state index in [1.54, 1.807) is 0 Å². The Morgan fingerprint density at radius 2 is 2.08 bits per heavy atom. The van der Waals surface area contributed by atoms with Crippen LogP contribution in [0.1, 0.15) is 11.1 Å². The Morgan fingerprint density at radius 1 is 1.33 bits per heavy atom. The maximum Gasteiger partial charge on any atom is 0.0949 e. The van der Waals surface area contributed by atoms with E-state index in [0.717, 1.165) is 10.9 Å². The maximum absolute atomic E-state index is 5.52. The molecule has 62 valence electrons. The van der Waals surface area contributed by atoms with E-state index in [0.29, 0.717) is 0 Å². The zero-order valence-electron chi connectivity index (χ0n) is 7.20. The predicted molar refractivity (Wildman–Crippen MR) is 49.4 cm³/mol. The van der Waals surface area contributed by atoms with Crippen molar-refractivity contribution >= 4 is 10.9 Å². The van der Waals surface area contributed by atoms with Crippen molar-refractivity contribution in [3.8, 4) is 0 Å². The maximum atomic E-state index is 5.52. The summed E-state index contributed by atoms with van der Waals surface area (Å²) in [5.74, 6) is 5.52. The minimum Gasteiger partial charge on any atom is -0.323 e. The van der Waals surface area contributed by atoms with Crippen LogP contribution >= 0.6 is 0 Å². The van der Waals surface area contributed by atoms with E-state index in [-0.39, 0.29) is 0 Å². The van der Waals surface area contributed by atoms with Gasteiger partial charge in [0, 0.05) is 5.39 Å².